The predicted octanol–water partition coefficient (Wildman–Crippen LogP) is 2.46. The molecular formula is C10H6ClN3. The molecule has 3 nitrogen and oxygen atoms in total. The van der Waals surface area contributed by atoms with Crippen LogP contribution in [0, 0.1) is 18.3 Å². The van der Waals surface area contributed by atoms with Crippen molar-refractivity contribution in [2.45, 2.75) is 6.92 Å². The molecule has 0 fully saturated rings. The summed E-state index contributed by atoms with van der Waals surface area (Å²) in [5.74, 6) is 0. The Balaban J connectivity index is 2.89. The highest BCUT2D eigenvalue weighted by Crippen LogP contribution is 2.18. The average Bonchev–Trinajstić information content (AvgIpc) is 2.17. The number of hydrogen-bond donors (Lipinski definition) is 0. The van der Waals surface area contributed by atoms with E-state index in [1.165, 1.54) is 0 Å². The zero-order valence-corrected chi connectivity index (χ0v) is 8.21. The van der Waals surface area contributed by atoms with Crippen molar-refractivity contribution in [3.8, 4) is 6.07 Å². The summed E-state index contributed by atoms with van der Waals surface area (Å²) < 4.78 is 0. The van der Waals surface area contributed by atoms with Crippen LogP contribution in [0.3, 0.4) is 0 Å². The summed E-state index contributed by atoms with van der Waals surface area (Å²) in [4.78, 5) is 8.22. The Bertz CT molecular complexity index is 543. The summed E-state index contributed by atoms with van der Waals surface area (Å²) in [5, 5.41) is 8.89. The molecule has 14 heavy (non-hydrogen) atoms. The molecule has 0 unspecified atom stereocenters. The standard InChI is InChI=1S/C10H6ClN3/c1-6-3-2-4-7-9(6)13-8(5-12)10(11)14-7/h2-4H,1H3. The van der Waals surface area contributed by atoms with E-state index in [0.717, 1.165) is 11.1 Å². The van der Waals surface area contributed by atoms with Crippen molar-refractivity contribution < 1.29 is 0 Å². The quantitative estimate of drug-likeness (QED) is 0.661. The van der Waals surface area contributed by atoms with Gasteiger partial charge in [-0.25, -0.2) is 9.97 Å². The van der Waals surface area contributed by atoms with E-state index in [0.29, 0.717) is 5.52 Å². The second-order valence-corrected chi connectivity index (χ2v) is 3.28. The third kappa shape index (κ3) is 1.30. The van der Waals surface area contributed by atoms with Gasteiger partial charge in [-0.15, -0.1) is 0 Å². The molecule has 0 N–H and O–H groups in total. The largest absolute Gasteiger partial charge is 0.232 e. The molecule has 1 aromatic carbocycles. The van der Waals surface area contributed by atoms with Crippen LogP contribution in [0.15, 0.2) is 18.2 Å². The number of rotatable bonds is 0. The maximum atomic E-state index is 8.73. The Morgan fingerprint density at radius 1 is 1.36 bits per heavy atom. The highest BCUT2D eigenvalue weighted by molar-refractivity contribution is 6.30. The van der Waals surface area contributed by atoms with Crippen molar-refractivity contribution >= 4 is 22.6 Å². The van der Waals surface area contributed by atoms with Crippen molar-refractivity contribution in [2.24, 2.45) is 0 Å². The molecule has 0 aliphatic rings. The van der Waals surface area contributed by atoms with Crippen molar-refractivity contribution in [3.63, 3.8) is 0 Å². The van der Waals surface area contributed by atoms with E-state index in [2.05, 4.69) is 9.97 Å². The first-order chi connectivity index (χ1) is 6.72. The number of nitriles is 1. The Morgan fingerprint density at radius 2 is 2.14 bits per heavy atom. The topological polar surface area (TPSA) is 49.6 Å². The minimum Gasteiger partial charge on any atom is -0.232 e. The Kier molecular flexibility index (Phi) is 2.06. The minimum atomic E-state index is 0.158. The lowest BCUT2D eigenvalue weighted by Gasteiger charge is -2.01. The molecule has 2 rings (SSSR count). The van der Waals surface area contributed by atoms with Crippen LogP contribution < -0.4 is 0 Å². The summed E-state index contributed by atoms with van der Waals surface area (Å²) in [7, 11) is 0. The van der Waals surface area contributed by atoms with Crippen LogP contribution in [0.5, 0.6) is 0 Å². The molecule has 2 aromatic rings. The van der Waals surface area contributed by atoms with Gasteiger partial charge in [0.15, 0.2) is 10.8 Å². The first-order valence-corrected chi connectivity index (χ1v) is 4.43. The fourth-order valence-corrected chi connectivity index (χ4v) is 1.44. The maximum absolute atomic E-state index is 8.73. The summed E-state index contributed by atoms with van der Waals surface area (Å²) in [6, 6.07) is 7.54. The van der Waals surface area contributed by atoms with Crippen LogP contribution in [0.25, 0.3) is 11.0 Å². The van der Waals surface area contributed by atoms with Gasteiger partial charge < -0.3 is 0 Å². The number of halogens is 1. The summed E-state index contributed by atoms with van der Waals surface area (Å²) in [6.07, 6.45) is 0. The average molecular weight is 204 g/mol. The van der Waals surface area contributed by atoms with E-state index in [1.54, 1.807) is 0 Å². The summed E-state index contributed by atoms with van der Waals surface area (Å²) >= 11 is 5.76. The molecule has 1 heterocycles. The van der Waals surface area contributed by atoms with E-state index in [9.17, 15) is 0 Å². The van der Waals surface area contributed by atoms with Crippen LogP contribution in [-0.4, -0.2) is 9.97 Å². The fraction of sp³-hybridized carbons (Fsp3) is 0.100. The number of hydrogen-bond acceptors (Lipinski definition) is 3. The normalized spacial score (nSPS) is 10.1. The van der Waals surface area contributed by atoms with E-state index >= 15 is 0 Å². The highest BCUT2D eigenvalue weighted by atomic mass is 35.5. The number of aromatic nitrogens is 2. The number of para-hydroxylation sites is 1. The monoisotopic (exact) mass is 203 g/mol. The molecule has 1 aromatic heterocycles. The number of benzene rings is 1. The predicted molar refractivity (Wildman–Crippen MR) is 54.0 cm³/mol. The van der Waals surface area contributed by atoms with Gasteiger partial charge in [-0.1, -0.05) is 23.7 Å². The number of fused-ring (bicyclic) bond motifs is 1. The Labute approximate surface area is 86.0 Å². The zero-order chi connectivity index (χ0) is 10.1. The molecule has 0 aliphatic carbocycles. The maximum Gasteiger partial charge on any atom is 0.178 e. The summed E-state index contributed by atoms with van der Waals surface area (Å²) in [6.45, 7) is 1.92. The summed E-state index contributed by atoms with van der Waals surface area (Å²) in [5.41, 5.74) is 2.61. The molecule has 0 amide bonds. The van der Waals surface area contributed by atoms with Crippen molar-refractivity contribution in [2.75, 3.05) is 0 Å². The molecule has 0 spiro atoms. The first-order valence-electron chi connectivity index (χ1n) is 4.05. The molecule has 4 heteroatoms. The number of aryl methyl sites for hydroxylation is 1. The van der Waals surface area contributed by atoms with E-state index in [4.69, 9.17) is 16.9 Å². The molecule has 0 saturated carbocycles. The van der Waals surface area contributed by atoms with Gasteiger partial charge in [-0.2, -0.15) is 5.26 Å². The third-order valence-electron chi connectivity index (χ3n) is 1.96. The van der Waals surface area contributed by atoms with Crippen LogP contribution in [-0.2, 0) is 0 Å². The lowest BCUT2D eigenvalue weighted by Crippen LogP contribution is -1.92. The van der Waals surface area contributed by atoms with Gasteiger partial charge in [0, 0.05) is 0 Å². The lowest BCUT2D eigenvalue weighted by molar-refractivity contribution is 1.23. The molecule has 0 atom stereocenters. The molecule has 0 saturated heterocycles. The van der Waals surface area contributed by atoms with E-state index in [-0.39, 0.29) is 10.8 Å². The second-order valence-electron chi connectivity index (χ2n) is 2.92. The highest BCUT2D eigenvalue weighted by Gasteiger charge is 2.06. The Morgan fingerprint density at radius 3 is 2.86 bits per heavy atom. The zero-order valence-electron chi connectivity index (χ0n) is 7.45. The minimum absolute atomic E-state index is 0.158. The number of nitrogens with zero attached hydrogens (tertiary/aromatic N) is 3. The fourth-order valence-electron chi connectivity index (χ4n) is 1.27. The third-order valence-corrected chi connectivity index (χ3v) is 2.22. The smallest absolute Gasteiger partial charge is 0.178 e. The Hall–Kier alpha value is -1.66. The molecular weight excluding hydrogens is 198 g/mol. The van der Waals surface area contributed by atoms with Gasteiger partial charge >= 0.3 is 0 Å². The molecule has 68 valence electrons. The van der Waals surface area contributed by atoms with Gasteiger partial charge in [0.2, 0.25) is 0 Å². The van der Waals surface area contributed by atoms with E-state index in [1.807, 2.05) is 31.2 Å². The first kappa shape index (κ1) is 8.92. The van der Waals surface area contributed by atoms with Crippen LogP contribution in [0.2, 0.25) is 5.15 Å². The van der Waals surface area contributed by atoms with Gasteiger partial charge in [-0.3, -0.25) is 0 Å². The van der Waals surface area contributed by atoms with Gasteiger partial charge in [0.25, 0.3) is 0 Å². The van der Waals surface area contributed by atoms with Gasteiger partial charge in [0.05, 0.1) is 11.0 Å². The van der Waals surface area contributed by atoms with Crippen LogP contribution >= 0.6 is 11.6 Å². The van der Waals surface area contributed by atoms with Crippen molar-refractivity contribution in [1.82, 2.24) is 9.97 Å². The van der Waals surface area contributed by atoms with Crippen LogP contribution in [0.4, 0.5) is 0 Å². The van der Waals surface area contributed by atoms with E-state index < -0.39 is 0 Å². The molecule has 0 radical (unpaired) electrons. The van der Waals surface area contributed by atoms with Crippen molar-refractivity contribution in [1.29, 1.82) is 5.26 Å². The van der Waals surface area contributed by atoms with Crippen molar-refractivity contribution in [3.05, 3.63) is 34.6 Å². The van der Waals surface area contributed by atoms with Crippen LogP contribution in [0.1, 0.15) is 11.3 Å². The molecule has 0 bridgehead atoms. The SMILES string of the molecule is Cc1cccc2nc(Cl)c(C#N)nc12. The second kappa shape index (κ2) is 3.24. The van der Waals surface area contributed by atoms with Gasteiger partial charge in [-0.05, 0) is 18.6 Å². The lowest BCUT2D eigenvalue weighted by atomic mass is 10.2. The van der Waals surface area contributed by atoms with Gasteiger partial charge in [0.1, 0.15) is 6.07 Å². The molecule has 0 aliphatic heterocycles.